The number of nitrogens with one attached hydrogen (secondary N) is 1. The largest absolute Gasteiger partial charge is 0.316 e. The molecule has 116 valence electrons. The van der Waals surface area contributed by atoms with E-state index in [0.717, 1.165) is 6.54 Å². The molecule has 19 heavy (non-hydrogen) atoms. The second kappa shape index (κ2) is 13.0. The van der Waals surface area contributed by atoms with Gasteiger partial charge < -0.3 is 5.32 Å². The summed E-state index contributed by atoms with van der Waals surface area (Å²) < 4.78 is 0. The molecule has 0 fully saturated rings. The molecule has 0 atom stereocenters. The molecule has 0 saturated heterocycles. The van der Waals surface area contributed by atoms with Crippen molar-refractivity contribution in [1.82, 2.24) is 5.32 Å². The monoisotopic (exact) mass is 269 g/mol. The van der Waals surface area contributed by atoms with Crippen LogP contribution in [0.3, 0.4) is 0 Å². The molecule has 0 aliphatic heterocycles. The Morgan fingerprint density at radius 1 is 0.684 bits per heavy atom. The van der Waals surface area contributed by atoms with E-state index in [9.17, 15) is 0 Å². The molecular weight excluding hydrogens is 230 g/mol. The Morgan fingerprint density at radius 2 is 1.21 bits per heavy atom. The minimum absolute atomic E-state index is 0.568. The standard InChI is InChI=1S/C18H39N/c1-5-9-10-11-12-13-14-15-16-18(6-2,7-3)17-19-8-4/h19H,5-17H2,1-4H3. The van der Waals surface area contributed by atoms with Crippen LogP contribution in [0.2, 0.25) is 0 Å². The van der Waals surface area contributed by atoms with Crippen LogP contribution >= 0.6 is 0 Å². The quantitative estimate of drug-likeness (QED) is 0.385. The van der Waals surface area contributed by atoms with E-state index in [1.807, 2.05) is 0 Å². The minimum Gasteiger partial charge on any atom is -0.316 e. The molecule has 0 saturated carbocycles. The maximum absolute atomic E-state index is 3.57. The molecule has 0 aromatic carbocycles. The van der Waals surface area contributed by atoms with Gasteiger partial charge in [0, 0.05) is 6.54 Å². The fraction of sp³-hybridized carbons (Fsp3) is 1.00. The lowest BCUT2D eigenvalue weighted by molar-refractivity contribution is 0.221. The molecule has 0 aliphatic carbocycles. The Kier molecular flexibility index (Phi) is 12.9. The summed E-state index contributed by atoms with van der Waals surface area (Å²) in [5.74, 6) is 0. The third-order valence-electron chi connectivity index (χ3n) is 4.81. The van der Waals surface area contributed by atoms with Crippen molar-refractivity contribution in [1.29, 1.82) is 0 Å². The van der Waals surface area contributed by atoms with Gasteiger partial charge in [-0.3, -0.25) is 0 Å². The number of hydrogen-bond acceptors (Lipinski definition) is 1. The van der Waals surface area contributed by atoms with Crippen molar-refractivity contribution in [2.24, 2.45) is 5.41 Å². The molecule has 0 aromatic heterocycles. The van der Waals surface area contributed by atoms with Crippen molar-refractivity contribution in [3.05, 3.63) is 0 Å². The first-order chi connectivity index (χ1) is 9.24. The molecule has 0 aromatic rings. The summed E-state index contributed by atoms with van der Waals surface area (Å²) in [5, 5.41) is 3.57. The van der Waals surface area contributed by atoms with E-state index in [2.05, 4.69) is 33.0 Å². The van der Waals surface area contributed by atoms with Crippen LogP contribution in [0.4, 0.5) is 0 Å². The number of rotatable bonds is 14. The van der Waals surface area contributed by atoms with E-state index in [0.29, 0.717) is 5.41 Å². The first kappa shape index (κ1) is 19.0. The van der Waals surface area contributed by atoms with Crippen LogP contribution in [0, 0.1) is 5.41 Å². The van der Waals surface area contributed by atoms with E-state index in [1.54, 1.807) is 0 Å². The lowest BCUT2D eigenvalue weighted by Gasteiger charge is -2.32. The van der Waals surface area contributed by atoms with E-state index in [1.165, 1.54) is 77.2 Å². The summed E-state index contributed by atoms with van der Waals surface area (Å²) >= 11 is 0. The van der Waals surface area contributed by atoms with Gasteiger partial charge in [-0.2, -0.15) is 0 Å². The Morgan fingerprint density at radius 3 is 1.68 bits per heavy atom. The SMILES string of the molecule is CCCCCCCCCCC(CC)(CC)CNCC. The molecule has 1 nitrogen and oxygen atoms in total. The van der Waals surface area contributed by atoms with Crippen molar-refractivity contribution in [3.63, 3.8) is 0 Å². The van der Waals surface area contributed by atoms with Crippen LogP contribution in [0.1, 0.15) is 98.3 Å². The second-order valence-electron chi connectivity index (χ2n) is 6.21. The van der Waals surface area contributed by atoms with E-state index < -0.39 is 0 Å². The van der Waals surface area contributed by atoms with Crippen molar-refractivity contribution in [2.45, 2.75) is 98.3 Å². The maximum atomic E-state index is 3.57. The first-order valence-corrected chi connectivity index (χ1v) is 8.95. The zero-order chi connectivity index (χ0) is 14.4. The lowest BCUT2D eigenvalue weighted by Crippen LogP contribution is -2.33. The summed E-state index contributed by atoms with van der Waals surface area (Å²) in [4.78, 5) is 0. The third kappa shape index (κ3) is 9.49. The molecule has 0 amide bonds. The van der Waals surface area contributed by atoms with E-state index in [-0.39, 0.29) is 0 Å². The van der Waals surface area contributed by atoms with Gasteiger partial charge in [-0.25, -0.2) is 0 Å². The fourth-order valence-electron chi connectivity index (χ4n) is 2.97. The average Bonchev–Trinajstić information content (AvgIpc) is 2.45. The van der Waals surface area contributed by atoms with Crippen molar-refractivity contribution in [3.8, 4) is 0 Å². The van der Waals surface area contributed by atoms with Gasteiger partial charge in [-0.05, 0) is 31.2 Å². The summed E-state index contributed by atoms with van der Waals surface area (Å²) in [6, 6.07) is 0. The van der Waals surface area contributed by atoms with E-state index >= 15 is 0 Å². The van der Waals surface area contributed by atoms with Crippen molar-refractivity contribution < 1.29 is 0 Å². The van der Waals surface area contributed by atoms with Crippen LogP contribution in [0.15, 0.2) is 0 Å². The van der Waals surface area contributed by atoms with Gasteiger partial charge in [0.25, 0.3) is 0 Å². The Hall–Kier alpha value is -0.0400. The highest BCUT2D eigenvalue weighted by Crippen LogP contribution is 2.32. The Balaban J connectivity index is 3.63. The zero-order valence-electron chi connectivity index (χ0n) is 14.2. The van der Waals surface area contributed by atoms with Crippen LogP contribution in [0.25, 0.3) is 0 Å². The normalized spacial score (nSPS) is 12.0. The van der Waals surface area contributed by atoms with Crippen LogP contribution in [-0.4, -0.2) is 13.1 Å². The van der Waals surface area contributed by atoms with Gasteiger partial charge >= 0.3 is 0 Å². The average molecular weight is 270 g/mol. The van der Waals surface area contributed by atoms with Crippen LogP contribution < -0.4 is 5.32 Å². The highest BCUT2D eigenvalue weighted by molar-refractivity contribution is 4.78. The summed E-state index contributed by atoms with van der Waals surface area (Å²) in [5.41, 5.74) is 0.568. The van der Waals surface area contributed by atoms with Crippen molar-refractivity contribution >= 4 is 0 Å². The summed E-state index contributed by atoms with van der Waals surface area (Å²) in [7, 11) is 0. The molecule has 0 bridgehead atoms. The van der Waals surface area contributed by atoms with Gasteiger partial charge in [-0.1, -0.05) is 79.1 Å². The molecule has 0 heterocycles. The molecular formula is C18H39N. The first-order valence-electron chi connectivity index (χ1n) is 8.95. The van der Waals surface area contributed by atoms with Crippen LogP contribution in [0.5, 0.6) is 0 Å². The zero-order valence-corrected chi connectivity index (χ0v) is 14.2. The molecule has 0 aliphatic rings. The fourth-order valence-corrected chi connectivity index (χ4v) is 2.97. The van der Waals surface area contributed by atoms with Crippen LogP contribution in [-0.2, 0) is 0 Å². The number of hydrogen-bond donors (Lipinski definition) is 1. The third-order valence-corrected chi connectivity index (χ3v) is 4.81. The number of unbranched alkanes of at least 4 members (excludes halogenated alkanes) is 7. The highest BCUT2D eigenvalue weighted by Gasteiger charge is 2.24. The molecule has 1 N–H and O–H groups in total. The van der Waals surface area contributed by atoms with Gasteiger partial charge in [0.2, 0.25) is 0 Å². The van der Waals surface area contributed by atoms with Crippen molar-refractivity contribution in [2.75, 3.05) is 13.1 Å². The lowest BCUT2D eigenvalue weighted by atomic mass is 9.77. The molecule has 0 unspecified atom stereocenters. The second-order valence-corrected chi connectivity index (χ2v) is 6.21. The Bertz CT molecular complexity index is 173. The molecule has 1 heteroatoms. The minimum atomic E-state index is 0.568. The summed E-state index contributed by atoms with van der Waals surface area (Å²) in [6.45, 7) is 11.6. The van der Waals surface area contributed by atoms with Gasteiger partial charge in [0.05, 0.1) is 0 Å². The molecule has 0 radical (unpaired) electrons. The topological polar surface area (TPSA) is 12.0 Å². The van der Waals surface area contributed by atoms with Gasteiger partial charge in [0.1, 0.15) is 0 Å². The summed E-state index contributed by atoms with van der Waals surface area (Å²) in [6.07, 6.45) is 15.6. The molecule has 0 rings (SSSR count). The smallest absolute Gasteiger partial charge is 0.000749 e. The Labute approximate surface area is 122 Å². The van der Waals surface area contributed by atoms with Gasteiger partial charge in [0.15, 0.2) is 0 Å². The van der Waals surface area contributed by atoms with E-state index in [4.69, 9.17) is 0 Å². The maximum Gasteiger partial charge on any atom is 0.000749 e. The predicted octanol–water partition coefficient (Wildman–Crippen LogP) is 5.93. The highest BCUT2D eigenvalue weighted by atomic mass is 14.9. The van der Waals surface area contributed by atoms with Gasteiger partial charge in [-0.15, -0.1) is 0 Å². The predicted molar refractivity (Wildman–Crippen MR) is 88.8 cm³/mol. The molecule has 0 spiro atoms.